The molecule has 3 aromatic rings. The molecule has 104 valence electrons. The SMILES string of the molecule is COc1ccc(-c2[nH]ncc2-c2cccc(C=O)c2)cc1. The molecule has 1 aromatic heterocycles. The van der Waals surface area contributed by atoms with Crippen LogP contribution in [-0.4, -0.2) is 23.6 Å². The first-order chi connectivity index (χ1) is 10.3. The van der Waals surface area contributed by atoms with Crippen LogP contribution in [0.15, 0.2) is 54.7 Å². The molecule has 3 rings (SSSR count). The van der Waals surface area contributed by atoms with Crippen molar-refractivity contribution in [3.63, 3.8) is 0 Å². The predicted molar refractivity (Wildman–Crippen MR) is 81.4 cm³/mol. The van der Waals surface area contributed by atoms with Gasteiger partial charge in [-0.15, -0.1) is 0 Å². The van der Waals surface area contributed by atoms with Gasteiger partial charge in [0.1, 0.15) is 12.0 Å². The topological polar surface area (TPSA) is 55.0 Å². The second-order valence-corrected chi connectivity index (χ2v) is 4.63. The zero-order valence-corrected chi connectivity index (χ0v) is 11.5. The van der Waals surface area contributed by atoms with Gasteiger partial charge in [-0.1, -0.05) is 18.2 Å². The van der Waals surface area contributed by atoms with Gasteiger partial charge in [0.15, 0.2) is 0 Å². The van der Waals surface area contributed by atoms with Gasteiger partial charge in [0.25, 0.3) is 0 Å². The van der Waals surface area contributed by atoms with Crippen molar-refractivity contribution in [2.24, 2.45) is 0 Å². The summed E-state index contributed by atoms with van der Waals surface area (Å²) in [4.78, 5) is 10.9. The number of hydrogen-bond donors (Lipinski definition) is 1. The first-order valence-corrected chi connectivity index (χ1v) is 6.55. The van der Waals surface area contributed by atoms with Gasteiger partial charge in [-0.05, 0) is 35.9 Å². The van der Waals surface area contributed by atoms with E-state index >= 15 is 0 Å². The summed E-state index contributed by atoms with van der Waals surface area (Å²) >= 11 is 0. The Kier molecular flexibility index (Phi) is 3.51. The van der Waals surface area contributed by atoms with Crippen LogP contribution in [0.25, 0.3) is 22.4 Å². The molecule has 0 aliphatic rings. The lowest BCUT2D eigenvalue weighted by Crippen LogP contribution is -1.86. The van der Waals surface area contributed by atoms with Crippen molar-refractivity contribution in [2.75, 3.05) is 7.11 Å². The Morgan fingerprint density at radius 2 is 1.90 bits per heavy atom. The summed E-state index contributed by atoms with van der Waals surface area (Å²) in [6, 6.07) is 15.2. The van der Waals surface area contributed by atoms with E-state index in [-0.39, 0.29) is 0 Å². The van der Waals surface area contributed by atoms with Crippen LogP contribution in [0.5, 0.6) is 5.75 Å². The smallest absolute Gasteiger partial charge is 0.150 e. The number of H-pyrrole nitrogens is 1. The number of carbonyl (C=O) groups excluding carboxylic acids is 1. The summed E-state index contributed by atoms with van der Waals surface area (Å²) < 4.78 is 5.17. The third-order valence-corrected chi connectivity index (χ3v) is 3.35. The van der Waals surface area contributed by atoms with Gasteiger partial charge in [-0.3, -0.25) is 9.89 Å². The molecule has 0 atom stereocenters. The molecule has 0 spiro atoms. The molecule has 0 unspecified atom stereocenters. The third-order valence-electron chi connectivity index (χ3n) is 3.35. The Balaban J connectivity index is 2.05. The first-order valence-electron chi connectivity index (χ1n) is 6.55. The second-order valence-electron chi connectivity index (χ2n) is 4.63. The fraction of sp³-hybridized carbons (Fsp3) is 0.0588. The maximum atomic E-state index is 10.9. The summed E-state index contributed by atoms with van der Waals surface area (Å²) in [5.74, 6) is 0.808. The van der Waals surface area contributed by atoms with E-state index in [1.807, 2.05) is 42.5 Å². The van der Waals surface area contributed by atoms with Crippen LogP contribution < -0.4 is 4.74 Å². The van der Waals surface area contributed by atoms with Crippen LogP contribution in [0.1, 0.15) is 10.4 Å². The van der Waals surface area contributed by atoms with Gasteiger partial charge < -0.3 is 4.74 Å². The molecule has 0 bridgehead atoms. The van der Waals surface area contributed by atoms with Crippen LogP contribution in [0, 0.1) is 0 Å². The first kappa shape index (κ1) is 13.1. The molecule has 0 amide bonds. The number of nitrogens with one attached hydrogen (secondary N) is 1. The van der Waals surface area contributed by atoms with Gasteiger partial charge >= 0.3 is 0 Å². The Morgan fingerprint density at radius 1 is 1.10 bits per heavy atom. The van der Waals surface area contributed by atoms with E-state index in [0.29, 0.717) is 5.56 Å². The quantitative estimate of drug-likeness (QED) is 0.742. The number of hydrogen-bond acceptors (Lipinski definition) is 3. The van der Waals surface area contributed by atoms with Crippen molar-refractivity contribution in [3.8, 4) is 28.1 Å². The maximum Gasteiger partial charge on any atom is 0.150 e. The van der Waals surface area contributed by atoms with Crippen LogP contribution in [0.3, 0.4) is 0 Å². The van der Waals surface area contributed by atoms with E-state index in [0.717, 1.165) is 34.4 Å². The van der Waals surface area contributed by atoms with Gasteiger partial charge in [-0.25, -0.2) is 0 Å². The number of aromatic nitrogens is 2. The van der Waals surface area contributed by atoms with Crippen molar-refractivity contribution < 1.29 is 9.53 Å². The van der Waals surface area contributed by atoms with E-state index in [4.69, 9.17) is 4.74 Å². The van der Waals surface area contributed by atoms with Crippen molar-refractivity contribution in [1.82, 2.24) is 10.2 Å². The molecule has 0 radical (unpaired) electrons. The number of benzene rings is 2. The van der Waals surface area contributed by atoms with Gasteiger partial charge in [0.05, 0.1) is 19.0 Å². The van der Waals surface area contributed by atoms with Crippen molar-refractivity contribution in [2.45, 2.75) is 0 Å². The fourth-order valence-electron chi connectivity index (χ4n) is 2.26. The standard InChI is InChI=1S/C17H14N2O2/c1-21-15-7-5-13(6-8-15)17-16(10-18-19-17)14-4-2-3-12(9-14)11-20/h2-11H,1H3,(H,18,19). The number of nitrogens with zero attached hydrogens (tertiary/aromatic N) is 1. The summed E-state index contributed by atoms with van der Waals surface area (Å²) in [6.45, 7) is 0. The highest BCUT2D eigenvalue weighted by molar-refractivity contribution is 5.84. The largest absolute Gasteiger partial charge is 0.497 e. The minimum Gasteiger partial charge on any atom is -0.497 e. The minimum absolute atomic E-state index is 0.648. The van der Waals surface area contributed by atoms with E-state index in [9.17, 15) is 4.79 Å². The van der Waals surface area contributed by atoms with Gasteiger partial charge in [0, 0.05) is 16.7 Å². The summed E-state index contributed by atoms with van der Waals surface area (Å²) in [5, 5.41) is 7.14. The molecule has 1 N–H and O–H groups in total. The number of rotatable bonds is 4. The molecule has 21 heavy (non-hydrogen) atoms. The Hall–Kier alpha value is -2.88. The summed E-state index contributed by atoms with van der Waals surface area (Å²) in [6.07, 6.45) is 2.61. The predicted octanol–water partition coefficient (Wildman–Crippen LogP) is 3.56. The molecule has 0 aliphatic carbocycles. The minimum atomic E-state index is 0.648. The molecule has 4 heteroatoms. The normalized spacial score (nSPS) is 10.3. The highest BCUT2D eigenvalue weighted by atomic mass is 16.5. The molecule has 0 fully saturated rings. The summed E-state index contributed by atoms with van der Waals surface area (Å²) in [7, 11) is 1.64. The average Bonchev–Trinajstić information content (AvgIpc) is 3.04. The van der Waals surface area contributed by atoms with Crippen LogP contribution in [-0.2, 0) is 0 Å². The Morgan fingerprint density at radius 3 is 2.62 bits per heavy atom. The molecule has 4 nitrogen and oxygen atoms in total. The molecule has 2 aromatic carbocycles. The number of aromatic amines is 1. The number of aldehydes is 1. The molecular weight excluding hydrogens is 264 g/mol. The molecule has 0 saturated heterocycles. The monoisotopic (exact) mass is 278 g/mol. The zero-order chi connectivity index (χ0) is 14.7. The van der Waals surface area contributed by atoms with Crippen molar-refractivity contribution >= 4 is 6.29 Å². The highest BCUT2D eigenvalue weighted by Gasteiger charge is 2.10. The summed E-state index contributed by atoms with van der Waals surface area (Å²) in [5.41, 5.74) is 4.50. The Bertz CT molecular complexity index is 760. The van der Waals surface area contributed by atoms with E-state index in [1.54, 1.807) is 19.4 Å². The second kappa shape index (κ2) is 5.63. The zero-order valence-electron chi connectivity index (χ0n) is 11.5. The van der Waals surface area contributed by atoms with Gasteiger partial charge in [0.2, 0.25) is 0 Å². The maximum absolute atomic E-state index is 10.9. The molecule has 0 saturated carbocycles. The number of carbonyl (C=O) groups is 1. The lowest BCUT2D eigenvalue weighted by Gasteiger charge is -2.05. The van der Waals surface area contributed by atoms with Crippen LogP contribution in [0.4, 0.5) is 0 Å². The number of methoxy groups -OCH3 is 1. The van der Waals surface area contributed by atoms with Crippen molar-refractivity contribution in [3.05, 3.63) is 60.3 Å². The van der Waals surface area contributed by atoms with E-state index in [2.05, 4.69) is 10.2 Å². The molecule has 1 heterocycles. The third kappa shape index (κ3) is 2.56. The average molecular weight is 278 g/mol. The van der Waals surface area contributed by atoms with E-state index in [1.165, 1.54) is 0 Å². The highest BCUT2D eigenvalue weighted by Crippen LogP contribution is 2.31. The van der Waals surface area contributed by atoms with Crippen LogP contribution >= 0.6 is 0 Å². The number of ether oxygens (including phenoxy) is 1. The van der Waals surface area contributed by atoms with E-state index < -0.39 is 0 Å². The Labute approximate surface area is 122 Å². The van der Waals surface area contributed by atoms with Crippen LogP contribution in [0.2, 0.25) is 0 Å². The molecule has 0 aliphatic heterocycles. The lowest BCUT2D eigenvalue weighted by atomic mass is 10.0. The fourth-order valence-corrected chi connectivity index (χ4v) is 2.26. The molecular formula is C17H14N2O2. The van der Waals surface area contributed by atoms with Gasteiger partial charge in [-0.2, -0.15) is 5.10 Å². The lowest BCUT2D eigenvalue weighted by molar-refractivity contribution is 0.112. The van der Waals surface area contributed by atoms with Crippen molar-refractivity contribution in [1.29, 1.82) is 0 Å².